The number of fused-ring (bicyclic) bond motifs is 1. The van der Waals surface area contributed by atoms with Crippen LogP contribution in [-0.4, -0.2) is 44.0 Å². The Morgan fingerprint density at radius 2 is 1.42 bits per heavy atom. The van der Waals surface area contributed by atoms with Crippen molar-refractivity contribution < 1.29 is 45.4 Å². The number of carbonyl (C=O) groups is 2. The number of halogens is 6. The smallest absolute Gasteiger partial charge is 0.416 e. The van der Waals surface area contributed by atoms with Gasteiger partial charge in [-0.25, -0.2) is 0 Å². The van der Waals surface area contributed by atoms with Crippen LogP contribution in [0.5, 0.6) is 11.5 Å². The number of nitrogens with zero attached hydrogens (tertiary/aromatic N) is 1. The Morgan fingerprint density at radius 3 is 2.02 bits per heavy atom. The Kier molecular flexibility index (Phi) is 9.75. The van der Waals surface area contributed by atoms with E-state index in [0.717, 1.165) is 21.7 Å². The molecule has 0 radical (unpaired) electrons. The normalized spacial score (nSPS) is 12.6. The summed E-state index contributed by atoms with van der Waals surface area (Å²) in [4.78, 5) is 27.3. The molecule has 6 nitrogen and oxygen atoms in total. The molecule has 4 rings (SSSR count). The van der Waals surface area contributed by atoms with Crippen LogP contribution in [0.3, 0.4) is 0 Å². The first-order valence-electron chi connectivity index (χ1n) is 13.4. The van der Waals surface area contributed by atoms with Crippen molar-refractivity contribution in [3.05, 3.63) is 113 Å². The van der Waals surface area contributed by atoms with Gasteiger partial charge in [0.25, 0.3) is 5.91 Å². The summed E-state index contributed by atoms with van der Waals surface area (Å²) in [6.45, 7) is 0. The molecule has 1 N–H and O–H groups in total. The standard InChI is InChI=1S/C33H28F6N2O4/c1-41(31(43)23-16-24(32(34,35)36)18-25(17-23)33(37,38)39)27(15-20-8-9-21-6-4-5-7-22(21)14-20)11-13-30(42)40-26-10-12-28(44-2)29(19-26)45-3/h4-14,16-19,27H,15H2,1-3H3,(H,40,42). The van der Waals surface area contributed by atoms with Crippen LogP contribution in [0.25, 0.3) is 10.8 Å². The van der Waals surface area contributed by atoms with Crippen LogP contribution >= 0.6 is 0 Å². The second kappa shape index (κ2) is 13.3. The Hall–Kier alpha value is -5.00. The van der Waals surface area contributed by atoms with Gasteiger partial charge in [0.1, 0.15) is 0 Å². The minimum atomic E-state index is -5.12. The molecule has 2 amide bonds. The number of methoxy groups -OCH3 is 2. The van der Waals surface area contributed by atoms with E-state index in [1.165, 1.54) is 33.4 Å². The zero-order chi connectivity index (χ0) is 32.9. The number of alkyl halides is 6. The summed E-state index contributed by atoms with van der Waals surface area (Å²) in [5.41, 5.74) is -2.94. The fourth-order valence-corrected chi connectivity index (χ4v) is 4.67. The number of hydrogen-bond donors (Lipinski definition) is 1. The number of likely N-dealkylation sites (N-methyl/N-ethyl adjacent to an activating group) is 1. The first-order valence-corrected chi connectivity index (χ1v) is 13.4. The van der Waals surface area contributed by atoms with Crippen molar-refractivity contribution in [1.29, 1.82) is 0 Å². The van der Waals surface area contributed by atoms with Crippen molar-refractivity contribution in [3.63, 3.8) is 0 Å². The molecule has 0 aliphatic heterocycles. The second-order valence-electron chi connectivity index (χ2n) is 10.1. The van der Waals surface area contributed by atoms with Gasteiger partial charge in [-0.2, -0.15) is 26.3 Å². The molecular formula is C33H28F6N2O4. The molecule has 0 saturated heterocycles. The topological polar surface area (TPSA) is 67.9 Å². The number of rotatable bonds is 9. The maximum atomic E-state index is 13.5. The van der Waals surface area contributed by atoms with E-state index < -0.39 is 46.9 Å². The van der Waals surface area contributed by atoms with Gasteiger partial charge < -0.3 is 19.7 Å². The first-order chi connectivity index (χ1) is 21.2. The zero-order valence-electron chi connectivity index (χ0n) is 24.3. The summed E-state index contributed by atoms with van der Waals surface area (Å²) in [7, 11) is 4.13. The van der Waals surface area contributed by atoms with Crippen molar-refractivity contribution in [2.24, 2.45) is 0 Å². The van der Waals surface area contributed by atoms with Gasteiger partial charge in [-0.05, 0) is 53.1 Å². The molecule has 0 fully saturated rings. The quantitative estimate of drug-likeness (QED) is 0.152. The number of amides is 2. The average Bonchev–Trinajstić information content (AvgIpc) is 3.01. The van der Waals surface area contributed by atoms with Crippen molar-refractivity contribution in [2.45, 2.75) is 24.8 Å². The average molecular weight is 631 g/mol. The van der Waals surface area contributed by atoms with E-state index in [4.69, 9.17) is 9.47 Å². The molecule has 4 aromatic carbocycles. The van der Waals surface area contributed by atoms with Gasteiger partial charge in [-0.15, -0.1) is 0 Å². The largest absolute Gasteiger partial charge is 0.493 e. The van der Waals surface area contributed by atoms with E-state index in [1.807, 2.05) is 36.4 Å². The monoisotopic (exact) mass is 630 g/mol. The number of nitrogens with one attached hydrogen (secondary N) is 1. The second-order valence-corrected chi connectivity index (χ2v) is 10.1. The van der Waals surface area contributed by atoms with Crippen LogP contribution in [0, 0.1) is 0 Å². The molecule has 0 heterocycles. The lowest BCUT2D eigenvalue weighted by Crippen LogP contribution is -2.37. The van der Waals surface area contributed by atoms with Crippen LogP contribution < -0.4 is 14.8 Å². The maximum Gasteiger partial charge on any atom is 0.416 e. The number of ether oxygens (including phenoxy) is 2. The molecule has 4 aromatic rings. The van der Waals surface area contributed by atoms with Crippen LogP contribution in [0.15, 0.2) is 91.0 Å². The van der Waals surface area contributed by atoms with E-state index in [2.05, 4.69) is 5.32 Å². The van der Waals surface area contributed by atoms with E-state index in [9.17, 15) is 35.9 Å². The first kappa shape index (κ1) is 32.9. The third kappa shape index (κ3) is 8.14. The molecule has 0 spiro atoms. The predicted octanol–water partition coefficient (Wildman–Crippen LogP) is 7.77. The number of anilines is 1. The molecule has 236 valence electrons. The van der Waals surface area contributed by atoms with Crippen molar-refractivity contribution in [3.8, 4) is 11.5 Å². The molecule has 0 aliphatic carbocycles. The highest BCUT2D eigenvalue weighted by molar-refractivity contribution is 6.00. The van der Waals surface area contributed by atoms with Gasteiger partial charge in [0, 0.05) is 30.4 Å². The number of carbonyl (C=O) groups excluding carboxylic acids is 2. The third-order valence-electron chi connectivity index (χ3n) is 7.03. The molecule has 0 aromatic heterocycles. The molecule has 12 heteroatoms. The Morgan fingerprint density at radius 1 is 0.800 bits per heavy atom. The van der Waals surface area contributed by atoms with E-state index in [1.54, 1.807) is 18.2 Å². The van der Waals surface area contributed by atoms with Gasteiger partial charge >= 0.3 is 12.4 Å². The fourth-order valence-electron chi connectivity index (χ4n) is 4.67. The van der Waals surface area contributed by atoms with Crippen LogP contribution in [0.1, 0.15) is 27.0 Å². The molecular weight excluding hydrogens is 602 g/mol. The van der Waals surface area contributed by atoms with E-state index in [0.29, 0.717) is 34.9 Å². The molecule has 0 saturated carbocycles. The lowest BCUT2D eigenvalue weighted by atomic mass is 9.99. The summed E-state index contributed by atoms with van der Waals surface area (Å²) in [5.74, 6) is -0.907. The zero-order valence-corrected chi connectivity index (χ0v) is 24.3. The van der Waals surface area contributed by atoms with Crippen LogP contribution in [0.4, 0.5) is 32.0 Å². The minimum Gasteiger partial charge on any atom is -0.493 e. The highest BCUT2D eigenvalue weighted by Crippen LogP contribution is 2.37. The molecule has 0 aliphatic rings. The van der Waals surface area contributed by atoms with Crippen molar-refractivity contribution >= 4 is 28.3 Å². The van der Waals surface area contributed by atoms with Gasteiger partial charge in [0.2, 0.25) is 5.91 Å². The molecule has 1 unspecified atom stereocenters. The van der Waals surface area contributed by atoms with Crippen molar-refractivity contribution in [1.82, 2.24) is 4.90 Å². The van der Waals surface area contributed by atoms with Crippen LogP contribution in [-0.2, 0) is 23.6 Å². The Bertz CT molecular complexity index is 1700. The SMILES string of the molecule is COc1ccc(NC(=O)C=CC(Cc2ccc3ccccc3c2)N(C)C(=O)c2cc(C(F)(F)F)cc(C(F)(F)F)c2)cc1OC. The fraction of sp³-hybridized carbons (Fsp3) is 0.212. The number of hydrogen-bond acceptors (Lipinski definition) is 4. The van der Waals surface area contributed by atoms with Gasteiger partial charge in [-0.1, -0.05) is 48.5 Å². The molecule has 0 bridgehead atoms. The van der Waals surface area contributed by atoms with Gasteiger partial charge in [0.05, 0.1) is 31.4 Å². The van der Waals surface area contributed by atoms with Crippen LogP contribution in [0.2, 0.25) is 0 Å². The van der Waals surface area contributed by atoms with E-state index >= 15 is 0 Å². The highest BCUT2D eigenvalue weighted by Gasteiger charge is 2.38. The summed E-state index contributed by atoms with van der Waals surface area (Å²) >= 11 is 0. The Balaban J connectivity index is 1.67. The Labute approximate surface area is 254 Å². The minimum absolute atomic E-state index is 0.0399. The van der Waals surface area contributed by atoms with Gasteiger partial charge in [-0.3, -0.25) is 9.59 Å². The predicted molar refractivity (Wildman–Crippen MR) is 157 cm³/mol. The molecule has 1 atom stereocenters. The maximum absolute atomic E-state index is 13.5. The molecule has 45 heavy (non-hydrogen) atoms. The summed E-state index contributed by atoms with van der Waals surface area (Å²) in [6, 6.07) is 17.4. The summed E-state index contributed by atoms with van der Waals surface area (Å²) in [6.07, 6.45) is -7.65. The number of benzene rings is 4. The lowest BCUT2D eigenvalue weighted by Gasteiger charge is -2.27. The highest BCUT2D eigenvalue weighted by atomic mass is 19.4. The lowest BCUT2D eigenvalue weighted by molar-refractivity contribution is -0.143. The van der Waals surface area contributed by atoms with Gasteiger partial charge in [0.15, 0.2) is 11.5 Å². The third-order valence-corrected chi connectivity index (χ3v) is 7.03. The van der Waals surface area contributed by atoms with E-state index in [-0.39, 0.29) is 12.5 Å². The summed E-state index contributed by atoms with van der Waals surface area (Å²) < 4.78 is 91.4. The summed E-state index contributed by atoms with van der Waals surface area (Å²) in [5, 5.41) is 4.47. The van der Waals surface area contributed by atoms with Crippen molar-refractivity contribution in [2.75, 3.05) is 26.6 Å².